The molecule has 0 fully saturated rings. The molecule has 0 saturated heterocycles. The zero-order valence-electron chi connectivity index (χ0n) is 10.4. The van der Waals surface area contributed by atoms with Gasteiger partial charge in [-0.25, -0.2) is 0 Å². The third kappa shape index (κ3) is 3.98. The van der Waals surface area contributed by atoms with Gasteiger partial charge < -0.3 is 14.9 Å². The Labute approximate surface area is 106 Å². The number of aromatic nitrogens is 3. The van der Waals surface area contributed by atoms with Crippen molar-refractivity contribution in [3.63, 3.8) is 0 Å². The van der Waals surface area contributed by atoms with Crippen molar-refractivity contribution in [2.24, 2.45) is 0 Å². The number of halogens is 1. The molecule has 0 unspecified atom stereocenters. The largest absolute Gasteiger partial charge is 0.396 e. The van der Waals surface area contributed by atoms with Gasteiger partial charge >= 0.3 is 0 Å². The van der Waals surface area contributed by atoms with Crippen LogP contribution in [0.5, 0.6) is 0 Å². The molecule has 0 aliphatic rings. The average Bonchev–Trinajstić information content (AvgIpc) is 2.29. The van der Waals surface area contributed by atoms with Gasteiger partial charge in [-0.15, -0.1) is 0 Å². The van der Waals surface area contributed by atoms with Crippen molar-refractivity contribution in [2.45, 2.75) is 13.3 Å². The van der Waals surface area contributed by atoms with E-state index in [2.05, 4.69) is 15.0 Å². The summed E-state index contributed by atoms with van der Waals surface area (Å²) in [6, 6.07) is 0. The summed E-state index contributed by atoms with van der Waals surface area (Å²) in [5.41, 5.74) is 0. The molecule has 0 aliphatic carbocycles. The van der Waals surface area contributed by atoms with E-state index in [4.69, 9.17) is 16.7 Å². The Morgan fingerprint density at radius 1 is 1.18 bits per heavy atom. The predicted octanol–water partition coefficient (Wildman–Crippen LogP) is 0.800. The minimum absolute atomic E-state index is 0.149. The Balaban J connectivity index is 2.94. The smallest absolute Gasteiger partial charge is 0.231 e. The Kier molecular flexibility index (Phi) is 5.37. The Morgan fingerprint density at radius 3 is 2.35 bits per heavy atom. The highest BCUT2D eigenvalue weighted by atomic mass is 35.5. The average molecular weight is 260 g/mol. The van der Waals surface area contributed by atoms with Crippen LogP contribution in [0.2, 0.25) is 5.28 Å². The number of rotatable bonds is 6. The fourth-order valence-electron chi connectivity index (χ4n) is 1.33. The summed E-state index contributed by atoms with van der Waals surface area (Å²) in [7, 11) is 3.69. The van der Waals surface area contributed by atoms with E-state index in [1.165, 1.54) is 0 Å². The van der Waals surface area contributed by atoms with E-state index in [9.17, 15) is 0 Å². The van der Waals surface area contributed by atoms with Crippen molar-refractivity contribution in [3.05, 3.63) is 5.28 Å². The molecule has 0 spiro atoms. The van der Waals surface area contributed by atoms with Crippen LogP contribution in [0.25, 0.3) is 0 Å². The summed E-state index contributed by atoms with van der Waals surface area (Å²) in [6.45, 7) is 3.60. The first-order chi connectivity index (χ1) is 8.08. The molecule has 6 nitrogen and oxygen atoms in total. The normalized spacial score (nSPS) is 10.4. The van der Waals surface area contributed by atoms with Gasteiger partial charge in [0.05, 0.1) is 0 Å². The molecule has 0 radical (unpaired) electrons. The molecule has 0 saturated carbocycles. The second kappa shape index (κ2) is 6.56. The lowest BCUT2D eigenvalue weighted by molar-refractivity contribution is 0.289. The second-order valence-corrected chi connectivity index (χ2v) is 4.09. The van der Waals surface area contributed by atoms with Gasteiger partial charge in [0.25, 0.3) is 0 Å². The maximum atomic E-state index is 8.84. The Hall–Kier alpha value is -1.14. The maximum absolute atomic E-state index is 8.84. The van der Waals surface area contributed by atoms with Crippen molar-refractivity contribution in [2.75, 3.05) is 43.6 Å². The van der Waals surface area contributed by atoms with Gasteiger partial charge in [0, 0.05) is 33.8 Å². The summed E-state index contributed by atoms with van der Waals surface area (Å²) in [6.07, 6.45) is 0.675. The number of hydrogen-bond acceptors (Lipinski definition) is 6. The van der Waals surface area contributed by atoms with E-state index in [-0.39, 0.29) is 11.9 Å². The fourth-order valence-corrected chi connectivity index (χ4v) is 1.48. The molecular formula is C10H18ClN5O. The molecule has 1 heterocycles. The monoisotopic (exact) mass is 259 g/mol. The molecule has 1 rings (SSSR count). The van der Waals surface area contributed by atoms with E-state index < -0.39 is 0 Å². The number of hydrogen-bond donors (Lipinski definition) is 1. The third-order valence-electron chi connectivity index (χ3n) is 2.24. The highest BCUT2D eigenvalue weighted by molar-refractivity contribution is 6.28. The van der Waals surface area contributed by atoms with E-state index in [1.807, 2.05) is 25.9 Å². The molecule has 1 aromatic rings. The molecule has 0 bridgehead atoms. The number of nitrogens with zero attached hydrogens (tertiary/aromatic N) is 5. The van der Waals surface area contributed by atoms with E-state index in [1.54, 1.807) is 4.90 Å². The minimum Gasteiger partial charge on any atom is -0.396 e. The van der Waals surface area contributed by atoms with Crippen LogP contribution in [-0.2, 0) is 0 Å². The molecule has 0 amide bonds. The fraction of sp³-hybridized carbons (Fsp3) is 0.700. The Bertz CT molecular complexity index is 361. The van der Waals surface area contributed by atoms with Crippen molar-refractivity contribution in [3.8, 4) is 0 Å². The van der Waals surface area contributed by atoms with Crippen LogP contribution in [0.4, 0.5) is 11.9 Å². The van der Waals surface area contributed by atoms with Crippen LogP contribution in [0.1, 0.15) is 13.3 Å². The maximum Gasteiger partial charge on any atom is 0.231 e. The topological polar surface area (TPSA) is 65.4 Å². The molecule has 17 heavy (non-hydrogen) atoms. The SMILES string of the molecule is CCN(CCCO)c1nc(Cl)nc(N(C)C)n1. The standard InChI is InChI=1S/C10H18ClN5O/c1-4-16(6-5-7-17)10-13-8(11)12-9(14-10)15(2)3/h17H,4-7H2,1-3H3. The van der Waals surface area contributed by atoms with Gasteiger partial charge in [-0.3, -0.25) is 0 Å². The van der Waals surface area contributed by atoms with Crippen LogP contribution in [0, 0.1) is 0 Å². The predicted molar refractivity (Wildman–Crippen MR) is 68.8 cm³/mol. The van der Waals surface area contributed by atoms with Crippen LogP contribution < -0.4 is 9.80 Å². The van der Waals surface area contributed by atoms with E-state index in [0.717, 1.165) is 6.54 Å². The zero-order chi connectivity index (χ0) is 12.8. The summed E-state index contributed by atoms with van der Waals surface area (Å²) >= 11 is 5.86. The highest BCUT2D eigenvalue weighted by Crippen LogP contribution is 2.15. The van der Waals surface area contributed by atoms with Gasteiger partial charge in [0.2, 0.25) is 17.2 Å². The van der Waals surface area contributed by atoms with Gasteiger partial charge in [0.15, 0.2) is 0 Å². The number of aliphatic hydroxyl groups excluding tert-OH is 1. The first-order valence-electron chi connectivity index (χ1n) is 5.53. The molecular weight excluding hydrogens is 242 g/mol. The lowest BCUT2D eigenvalue weighted by Gasteiger charge is -2.21. The summed E-state index contributed by atoms with van der Waals surface area (Å²) < 4.78 is 0. The third-order valence-corrected chi connectivity index (χ3v) is 2.40. The van der Waals surface area contributed by atoms with Crippen molar-refractivity contribution in [1.82, 2.24) is 15.0 Å². The van der Waals surface area contributed by atoms with E-state index in [0.29, 0.717) is 24.9 Å². The molecule has 1 N–H and O–H groups in total. The van der Waals surface area contributed by atoms with Crippen molar-refractivity contribution < 1.29 is 5.11 Å². The molecule has 7 heteroatoms. The lowest BCUT2D eigenvalue weighted by Crippen LogP contribution is -2.28. The number of aliphatic hydroxyl groups is 1. The molecule has 1 aromatic heterocycles. The quantitative estimate of drug-likeness (QED) is 0.815. The van der Waals surface area contributed by atoms with Crippen LogP contribution in [-0.4, -0.2) is 53.9 Å². The molecule has 0 aromatic carbocycles. The van der Waals surface area contributed by atoms with Gasteiger partial charge in [-0.05, 0) is 24.9 Å². The first kappa shape index (κ1) is 13.9. The van der Waals surface area contributed by atoms with Gasteiger partial charge in [-0.2, -0.15) is 15.0 Å². The summed E-state index contributed by atoms with van der Waals surface area (Å²) in [4.78, 5) is 16.2. The number of anilines is 2. The van der Waals surface area contributed by atoms with Crippen LogP contribution >= 0.6 is 11.6 Å². The van der Waals surface area contributed by atoms with Gasteiger partial charge in [0.1, 0.15) is 0 Å². The van der Waals surface area contributed by atoms with Crippen molar-refractivity contribution >= 4 is 23.5 Å². The summed E-state index contributed by atoms with van der Waals surface area (Å²) in [5.74, 6) is 1.08. The van der Waals surface area contributed by atoms with E-state index >= 15 is 0 Å². The Morgan fingerprint density at radius 2 is 1.82 bits per heavy atom. The molecule has 0 aliphatic heterocycles. The van der Waals surface area contributed by atoms with Crippen molar-refractivity contribution in [1.29, 1.82) is 0 Å². The molecule has 0 atom stereocenters. The second-order valence-electron chi connectivity index (χ2n) is 3.76. The van der Waals surface area contributed by atoms with Crippen LogP contribution in [0.15, 0.2) is 0 Å². The lowest BCUT2D eigenvalue weighted by atomic mass is 10.4. The highest BCUT2D eigenvalue weighted by Gasteiger charge is 2.12. The molecule has 96 valence electrons. The van der Waals surface area contributed by atoms with Gasteiger partial charge in [-0.1, -0.05) is 0 Å². The summed E-state index contributed by atoms with van der Waals surface area (Å²) in [5, 5.41) is 9.02. The minimum atomic E-state index is 0.149. The zero-order valence-corrected chi connectivity index (χ0v) is 11.1. The first-order valence-corrected chi connectivity index (χ1v) is 5.91. The van der Waals surface area contributed by atoms with Crippen LogP contribution in [0.3, 0.4) is 0 Å².